The summed E-state index contributed by atoms with van der Waals surface area (Å²) in [5.74, 6) is 4.89. The molecular formula is C70H44N6O2S. The predicted molar refractivity (Wildman–Crippen MR) is 322 cm³/mol. The summed E-state index contributed by atoms with van der Waals surface area (Å²) in [6, 6.07) is 89.7. The molecule has 0 radical (unpaired) electrons. The Morgan fingerprint density at radius 3 is 1.01 bits per heavy atom. The van der Waals surface area contributed by atoms with E-state index in [4.69, 9.17) is 19.4 Å². The van der Waals surface area contributed by atoms with E-state index in [2.05, 4.69) is 201 Å². The van der Waals surface area contributed by atoms with Crippen molar-refractivity contribution in [3.05, 3.63) is 267 Å². The average molecular weight is 1030 g/mol. The van der Waals surface area contributed by atoms with Crippen molar-refractivity contribution >= 4 is 89.8 Å². The maximum absolute atomic E-state index is 6.25. The highest BCUT2D eigenvalue weighted by atomic mass is 32.2. The molecule has 0 amide bonds. The van der Waals surface area contributed by atoms with Gasteiger partial charge >= 0.3 is 0 Å². The monoisotopic (exact) mass is 1030 g/mol. The second kappa shape index (κ2) is 18.2. The summed E-state index contributed by atoms with van der Waals surface area (Å²) in [6.45, 7) is 0. The van der Waals surface area contributed by atoms with Crippen molar-refractivity contribution in [1.29, 1.82) is 0 Å². The third kappa shape index (κ3) is 7.46. The van der Waals surface area contributed by atoms with Gasteiger partial charge in [0.15, 0.2) is 23.0 Å². The van der Waals surface area contributed by atoms with Crippen LogP contribution in [0.15, 0.2) is 277 Å². The first kappa shape index (κ1) is 44.9. The minimum Gasteiger partial charge on any atom is -0.453 e. The molecule has 0 N–H and O–H groups in total. The van der Waals surface area contributed by atoms with E-state index in [1.165, 1.54) is 42.4 Å². The Balaban J connectivity index is 0.656. The molecule has 2 aliphatic heterocycles. The van der Waals surface area contributed by atoms with Gasteiger partial charge in [0.25, 0.3) is 0 Å². The molecule has 0 spiro atoms. The van der Waals surface area contributed by atoms with Crippen molar-refractivity contribution in [2.75, 3.05) is 9.80 Å². The highest BCUT2D eigenvalue weighted by molar-refractivity contribution is 7.99. The lowest BCUT2D eigenvalue weighted by molar-refractivity contribution is 0.476. The lowest BCUT2D eigenvalue weighted by Gasteiger charge is -2.31. The topological polar surface area (TPSA) is 60.6 Å². The average Bonchev–Trinajstić information content (AvgIpc) is 4.10. The largest absolute Gasteiger partial charge is 0.453 e. The Morgan fingerprint density at radius 2 is 0.633 bits per heavy atom. The Hall–Kier alpha value is -10.4. The number of para-hydroxylation sites is 10. The molecule has 0 saturated heterocycles. The van der Waals surface area contributed by atoms with Crippen LogP contribution in [0.25, 0.3) is 77.2 Å². The second-order valence-corrected chi connectivity index (χ2v) is 21.0. The first-order chi connectivity index (χ1) is 39.1. The van der Waals surface area contributed by atoms with Crippen LogP contribution in [0, 0.1) is 0 Å². The van der Waals surface area contributed by atoms with E-state index in [-0.39, 0.29) is 0 Å². The number of hydrogen-bond acceptors (Lipinski definition) is 7. The number of ether oxygens (including phenoxy) is 2. The third-order valence-corrected chi connectivity index (χ3v) is 16.3. The minimum absolute atomic E-state index is 0.807. The molecule has 9 heteroatoms. The number of hydrogen-bond donors (Lipinski definition) is 0. The molecule has 0 unspecified atom stereocenters. The van der Waals surface area contributed by atoms with Crippen LogP contribution in [0.2, 0.25) is 0 Å². The molecule has 79 heavy (non-hydrogen) atoms. The number of pyridine rings is 2. The molecular weight excluding hydrogens is 989 g/mol. The SMILES string of the molecule is c1ccc2c(c1)Oc1ccccc1N2c1ccc(-c2ccc3c(c2)c2ccccc2n3-c2ccc(Sc3ccc(-n4c5ccccc5c5cc(-c6ccc(N7c8ccccc8Oc8ccccc87)nc6)ccc54)cc3)cc2)cn1. The van der Waals surface area contributed by atoms with E-state index in [1.54, 1.807) is 11.8 Å². The number of anilines is 6. The summed E-state index contributed by atoms with van der Waals surface area (Å²) in [7, 11) is 0. The molecule has 2 aliphatic rings. The summed E-state index contributed by atoms with van der Waals surface area (Å²) < 4.78 is 17.3. The Labute approximate surface area is 459 Å². The fraction of sp³-hybridized carbons (Fsp3) is 0. The van der Waals surface area contributed by atoms with Crippen LogP contribution in [0.1, 0.15) is 0 Å². The van der Waals surface area contributed by atoms with Crippen LogP contribution in [0.4, 0.5) is 34.4 Å². The first-order valence-electron chi connectivity index (χ1n) is 26.4. The minimum atomic E-state index is 0.807. The maximum atomic E-state index is 6.25. The van der Waals surface area contributed by atoms with Crippen molar-refractivity contribution in [3.63, 3.8) is 0 Å². The maximum Gasteiger partial charge on any atom is 0.151 e. The van der Waals surface area contributed by atoms with E-state index < -0.39 is 0 Å². The molecule has 0 fully saturated rings. The van der Waals surface area contributed by atoms with E-state index in [1.807, 2.05) is 85.2 Å². The van der Waals surface area contributed by atoms with E-state index >= 15 is 0 Å². The van der Waals surface area contributed by atoms with Crippen LogP contribution in [0.5, 0.6) is 23.0 Å². The standard InChI is InChI=1S/C70H44N6O2S/c1-3-15-57-53(13-1)55-41-45(47-27-39-69(71-43-47)75-61-17-5-9-21-65(61)77-66-22-10-6-18-62(66)75)25-37-59(55)73(57)49-29-33-51(34-30-49)79-52-35-31-50(32-36-52)74-58-16-4-2-14-54(58)56-42-46(26-38-60(56)74)48-28-40-70(72-44-48)76-63-19-7-11-23-67(63)78-68-24-12-8-20-64(68)76/h1-44H. The van der Waals surface area contributed by atoms with Gasteiger partial charge in [-0.05, 0) is 169 Å². The van der Waals surface area contributed by atoms with E-state index in [0.717, 1.165) is 102 Å². The molecule has 14 aromatic rings. The van der Waals surface area contributed by atoms with Gasteiger partial charge in [-0.1, -0.05) is 109 Å². The predicted octanol–water partition coefficient (Wildman–Crippen LogP) is 19.3. The zero-order chi connectivity index (χ0) is 52.0. The fourth-order valence-electron chi connectivity index (χ4n) is 11.6. The van der Waals surface area contributed by atoms with Gasteiger partial charge in [-0.3, -0.25) is 9.80 Å². The van der Waals surface area contributed by atoms with Gasteiger partial charge in [0.05, 0.1) is 44.8 Å². The molecule has 0 atom stereocenters. The van der Waals surface area contributed by atoms with Crippen molar-refractivity contribution in [3.8, 4) is 56.6 Å². The molecule has 0 aliphatic carbocycles. The van der Waals surface area contributed by atoms with Gasteiger partial charge in [-0.25, -0.2) is 9.97 Å². The van der Waals surface area contributed by atoms with Gasteiger partial charge in [-0.15, -0.1) is 0 Å². The number of aromatic nitrogens is 4. The third-order valence-electron chi connectivity index (χ3n) is 15.3. The number of rotatable bonds is 8. The van der Waals surface area contributed by atoms with Gasteiger partial charge in [0.2, 0.25) is 0 Å². The van der Waals surface area contributed by atoms with E-state index in [9.17, 15) is 0 Å². The molecule has 4 aromatic heterocycles. The van der Waals surface area contributed by atoms with Gasteiger partial charge in [0, 0.05) is 66.2 Å². The van der Waals surface area contributed by atoms with Crippen LogP contribution >= 0.6 is 11.8 Å². The highest BCUT2D eigenvalue weighted by Crippen LogP contribution is 2.51. The molecule has 0 saturated carbocycles. The normalized spacial score (nSPS) is 12.5. The zero-order valence-corrected chi connectivity index (χ0v) is 43.1. The molecule has 10 aromatic carbocycles. The van der Waals surface area contributed by atoms with Crippen molar-refractivity contribution < 1.29 is 9.47 Å². The molecule has 16 rings (SSSR count). The quantitative estimate of drug-likeness (QED) is 0.150. The van der Waals surface area contributed by atoms with Gasteiger partial charge < -0.3 is 18.6 Å². The Morgan fingerprint density at radius 1 is 0.291 bits per heavy atom. The fourth-order valence-corrected chi connectivity index (χ4v) is 12.4. The Kier molecular flexibility index (Phi) is 10.3. The molecule has 8 nitrogen and oxygen atoms in total. The van der Waals surface area contributed by atoms with Crippen molar-refractivity contribution in [2.45, 2.75) is 9.79 Å². The number of nitrogens with zero attached hydrogens (tertiary/aromatic N) is 6. The van der Waals surface area contributed by atoms with E-state index in [0.29, 0.717) is 0 Å². The summed E-state index contributed by atoms with van der Waals surface area (Å²) in [5.41, 5.74) is 15.0. The number of fused-ring (bicyclic) bond motifs is 10. The summed E-state index contributed by atoms with van der Waals surface area (Å²) >= 11 is 1.77. The molecule has 372 valence electrons. The smallest absolute Gasteiger partial charge is 0.151 e. The molecule has 0 bridgehead atoms. The van der Waals surface area contributed by atoms with Crippen LogP contribution in [-0.4, -0.2) is 19.1 Å². The second-order valence-electron chi connectivity index (χ2n) is 19.8. The first-order valence-corrected chi connectivity index (χ1v) is 27.2. The zero-order valence-electron chi connectivity index (χ0n) is 42.3. The number of benzene rings is 10. The lowest BCUT2D eigenvalue weighted by atomic mass is 10.0. The van der Waals surface area contributed by atoms with Gasteiger partial charge in [0.1, 0.15) is 11.6 Å². The van der Waals surface area contributed by atoms with Crippen LogP contribution in [-0.2, 0) is 0 Å². The van der Waals surface area contributed by atoms with Crippen molar-refractivity contribution in [2.24, 2.45) is 0 Å². The highest BCUT2D eigenvalue weighted by Gasteiger charge is 2.28. The van der Waals surface area contributed by atoms with Gasteiger partial charge in [-0.2, -0.15) is 0 Å². The summed E-state index contributed by atoms with van der Waals surface area (Å²) in [5, 5.41) is 4.80. The van der Waals surface area contributed by atoms with Crippen LogP contribution < -0.4 is 19.3 Å². The van der Waals surface area contributed by atoms with Crippen LogP contribution in [0.3, 0.4) is 0 Å². The van der Waals surface area contributed by atoms with Crippen molar-refractivity contribution in [1.82, 2.24) is 19.1 Å². The molecule has 6 heterocycles. The lowest BCUT2D eigenvalue weighted by Crippen LogP contribution is -2.16. The Bertz CT molecular complexity index is 4310. The summed E-state index contributed by atoms with van der Waals surface area (Å²) in [6.07, 6.45) is 3.95. The summed E-state index contributed by atoms with van der Waals surface area (Å²) in [4.78, 5) is 16.8.